The zero-order valence-corrected chi connectivity index (χ0v) is 20.4. The fourth-order valence-corrected chi connectivity index (χ4v) is 3.41. The van der Waals surface area contributed by atoms with Crippen molar-refractivity contribution in [1.29, 1.82) is 0 Å². The second kappa shape index (κ2) is 12.0. The fourth-order valence-electron chi connectivity index (χ4n) is 3.16. The Morgan fingerprint density at radius 2 is 1.53 bits per heavy atom. The number of ether oxygens (including phenoxy) is 2. The largest absolute Gasteiger partial charge is 0.488 e. The van der Waals surface area contributed by atoms with E-state index in [2.05, 4.69) is 10.5 Å². The van der Waals surface area contributed by atoms with Gasteiger partial charge in [0.15, 0.2) is 0 Å². The van der Waals surface area contributed by atoms with Crippen LogP contribution in [-0.4, -0.2) is 18.1 Å². The molecule has 0 aromatic heterocycles. The molecule has 1 N–H and O–H groups in total. The Morgan fingerprint density at radius 1 is 0.833 bits per heavy atom. The number of rotatable bonds is 8. The zero-order valence-electron chi connectivity index (χ0n) is 18.9. The maximum Gasteiger partial charge on any atom is 0.343 e. The number of hydrazone groups is 1. The molecular formula is C28H20Cl2N2O4. The summed E-state index contributed by atoms with van der Waals surface area (Å²) in [5.74, 6) is -0.171. The molecule has 0 aliphatic heterocycles. The number of carbonyl (C=O) groups excluding carboxylic acids is 2. The van der Waals surface area contributed by atoms with Crippen molar-refractivity contribution in [3.8, 4) is 11.5 Å². The summed E-state index contributed by atoms with van der Waals surface area (Å²) in [5, 5.41) is 5.20. The van der Waals surface area contributed by atoms with Crippen molar-refractivity contribution in [2.45, 2.75) is 6.61 Å². The molecule has 4 aromatic rings. The minimum absolute atomic E-state index is 0.284. The summed E-state index contributed by atoms with van der Waals surface area (Å²) >= 11 is 11.8. The first-order valence-corrected chi connectivity index (χ1v) is 11.6. The summed E-state index contributed by atoms with van der Waals surface area (Å²) in [6.45, 7) is 0.284. The SMILES string of the molecule is O=C(Oc1cccc(/C=N\NC(=O)c2ccccc2OCc2ccc(Cl)cc2)c1)c1ccc(Cl)cc1. The first-order valence-electron chi connectivity index (χ1n) is 10.9. The highest BCUT2D eigenvalue weighted by molar-refractivity contribution is 6.30. The predicted molar refractivity (Wildman–Crippen MR) is 140 cm³/mol. The lowest BCUT2D eigenvalue weighted by Crippen LogP contribution is -2.18. The van der Waals surface area contributed by atoms with Gasteiger partial charge in [0.25, 0.3) is 5.91 Å². The number of para-hydroxylation sites is 1. The molecule has 0 unspecified atom stereocenters. The number of carbonyl (C=O) groups is 2. The van der Waals surface area contributed by atoms with Crippen LogP contribution in [0.15, 0.2) is 102 Å². The quantitative estimate of drug-likeness (QED) is 0.124. The van der Waals surface area contributed by atoms with E-state index >= 15 is 0 Å². The lowest BCUT2D eigenvalue weighted by Gasteiger charge is -2.10. The zero-order chi connectivity index (χ0) is 25.3. The highest BCUT2D eigenvalue weighted by Gasteiger charge is 2.12. The van der Waals surface area contributed by atoms with Crippen molar-refractivity contribution in [2.24, 2.45) is 5.10 Å². The number of nitrogens with one attached hydrogen (secondary N) is 1. The molecule has 36 heavy (non-hydrogen) atoms. The molecular weight excluding hydrogens is 499 g/mol. The summed E-state index contributed by atoms with van der Waals surface area (Å²) in [6.07, 6.45) is 1.45. The van der Waals surface area contributed by atoms with Crippen LogP contribution in [-0.2, 0) is 6.61 Å². The molecule has 0 spiro atoms. The van der Waals surface area contributed by atoms with Crippen LogP contribution in [0.25, 0.3) is 0 Å². The molecule has 0 bridgehead atoms. The Bertz CT molecular complexity index is 1390. The van der Waals surface area contributed by atoms with Crippen molar-refractivity contribution >= 4 is 41.3 Å². The number of amides is 1. The molecule has 0 radical (unpaired) electrons. The van der Waals surface area contributed by atoms with Gasteiger partial charge < -0.3 is 9.47 Å². The number of hydrogen-bond acceptors (Lipinski definition) is 5. The molecule has 0 aliphatic rings. The number of esters is 1. The van der Waals surface area contributed by atoms with Crippen LogP contribution in [0.5, 0.6) is 11.5 Å². The van der Waals surface area contributed by atoms with E-state index in [1.807, 2.05) is 12.1 Å². The Labute approximate surface area is 218 Å². The molecule has 4 aromatic carbocycles. The molecule has 0 saturated carbocycles. The first-order chi connectivity index (χ1) is 17.5. The third-order valence-electron chi connectivity index (χ3n) is 4.97. The smallest absolute Gasteiger partial charge is 0.343 e. The minimum atomic E-state index is -0.510. The van der Waals surface area contributed by atoms with Crippen LogP contribution in [0.1, 0.15) is 31.8 Å². The summed E-state index contributed by atoms with van der Waals surface area (Å²) in [7, 11) is 0. The summed E-state index contributed by atoms with van der Waals surface area (Å²) in [4.78, 5) is 25.0. The third kappa shape index (κ3) is 6.95. The topological polar surface area (TPSA) is 77.0 Å². The number of benzene rings is 4. The molecule has 0 fully saturated rings. The van der Waals surface area contributed by atoms with Gasteiger partial charge in [0, 0.05) is 10.0 Å². The van der Waals surface area contributed by atoms with E-state index in [1.165, 1.54) is 6.21 Å². The van der Waals surface area contributed by atoms with Gasteiger partial charge in [0.05, 0.1) is 17.3 Å². The maximum atomic E-state index is 12.7. The molecule has 0 atom stereocenters. The van der Waals surface area contributed by atoms with Gasteiger partial charge >= 0.3 is 5.97 Å². The van der Waals surface area contributed by atoms with E-state index in [1.54, 1.807) is 84.9 Å². The maximum absolute atomic E-state index is 12.7. The lowest BCUT2D eigenvalue weighted by molar-refractivity contribution is 0.0734. The molecule has 0 heterocycles. The van der Waals surface area contributed by atoms with Crippen LogP contribution >= 0.6 is 23.2 Å². The molecule has 0 saturated heterocycles. The van der Waals surface area contributed by atoms with Gasteiger partial charge in [-0.05, 0) is 71.8 Å². The standard InChI is InChI=1S/C28H20Cl2N2O4/c29-22-12-8-19(9-13-22)18-35-26-7-2-1-6-25(26)27(33)32-31-17-20-4-3-5-24(16-20)36-28(34)21-10-14-23(30)15-11-21/h1-17H,18H2,(H,32,33)/b31-17-. The molecule has 0 aliphatic carbocycles. The van der Waals surface area contributed by atoms with E-state index in [4.69, 9.17) is 32.7 Å². The van der Waals surface area contributed by atoms with Gasteiger partial charge in [0.2, 0.25) is 0 Å². The van der Waals surface area contributed by atoms with Crippen LogP contribution in [0, 0.1) is 0 Å². The van der Waals surface area contributed by atoms with Crippen molar-refractivity contribution in [1.82, 2.24) is 5.43 Å². The molecule has 6 nitrogen and oxygen atoms in total. The van der Waals surface area contributed by atoms with Crippen molar-refractivity contribution in [3.63, 3.8) is 0 Å². The Morgan fingerprint density at radius 3 is 2.28 bits per heavy atom. The van der Waals surface area contributed by atoms with Crippen LogP contribution in [0.4, 0.5) is 0 Å². The number of nitrogens with zero attached hydrogens (tertiary/aromatic N) is 1. The Balaban J connectivity index is 1.36. The van der Waals surface area contributed by atoms with Crippen LogP contribution in [0.3, 0.4) is 0 Å². The predicted octanol–water partition coefficient (Wildman–Crippen LogP) is 6.56. The number of halogens is 2. The summed E-state index contributed by atoms with van der Waals surface area (Å²) in [6, 6.07) is 27.3. The fraction of sp³-hybridized carbons (Fsp3) is 0.0357. The van der Waals surface area contributed by atoms with Crippen LogP contribution in [0.2, 0.25) is 10.0 Å². The monoisotopic (exact) mass is 518 g/mol. The van der Waals surface area contributed by atoms with Crippen molar-refractivity contribution < 1.29 is 19.1 Å². The molecule has 1 amide bonds. The normalized spacial score (nSPS) is 10.7. The average Bonchev–Trinajstić information content (AvgIpc) is 2.89. The van der Waals surface area contributed by atoms with E-state index < -0.39 is 11.9 Å². The second-order valence-electron chi connectivity index (χ2n) is 7.58. The molecule has 180 valence electrons. The van der Waals surface area contributed by atoms with Gasteiger partial charge in [-0.2, -0.15) is 5.10 Å². The first kappa shape index (κ1) is 25.0. The second-order valence-corrected chi connectivity index (χ2v) is 8.45. The highest BCUT2D eigenvalue weighted by atomic mass is 35.5. The van der Waals surface area contributed by atoms with Gasteiger partial charge in [0.1, 0.15) is 18.1 Å². The van der Waals surface area contributed by atoms with E-state index in [9.17, 15) is 9.59 Å². The summed E-state index contributed by atoms with van der Waals surface area (Å²) in [5.41, 5.74) is 4.77. The summed E-state index contributed by atoms with van der Waals surface area (Å²) < 4.78 is 11.2. The molecule has 8 heteroatoms. The van der Waals surface area contributed by atoms with Crippen molar-refractivity contribution in [2.75, 3.05) is 0 Å². The van der Waals surface area contributed by atoms with Crippen molar-refractivity contribution in [3.05, 3.63) is 129 Å². The molecule has 4 rings (SSSR count). The van der Waals surface area contributed by atoms with Gasteiger partial charge in [-0.1, -0.05) is 59.6 Å². The van der Waals surface area contributed by atoms with Gasteiger partial charge in [-0.3, -0.25) is 4.79 Å². The third-order valence-corrected chi connectivity index (χ3v) is 5.47. The van der Waals surface area contributed by atoms with E-state index in [0.717, 1.165) is 5.56 Å². The van der Waals surface area contributed by atoms with Gasteiger partial charge in [-0.25, -0.2) is 10.2 Å². The lowest BCUT2D eigenvalue weighted by atomic mass is 10.2. The number of hydrogen-bond donors (Lipinski definition) is 1. The Hall–Kier alpha value is -4.13. The van der Waals surface area contributed by atoms with Gasteiger partial charge in [-0.15, -0.1) is 0 Å². The van der Waals surface area contributed by atoms with Crippen LogP contribution < -0.4 is 14.9 Å². The highest BCUT2D eigenvalue weighted by Crippen LogP contribution is 2.20. The van der Waals surface area contributed by atoms with E-state index in [0.29, 0.717) is 38.2 Å². The Kier molecular flexibility index (Phi) is 8.34. The average molecular weight is 519 g/mol. The minimum Gasteiger partial charge on any atom is -0.488 e. The van der Waals surface area contributed by atoms with E-state index in [-0.39, 0.29) is 6.61 Å².